The first-order valence-corrected chi connectivity index (χ1v) is 12.2. The molecule has 34 heavy (non-hydrogen) atoms. The third-order valence-corrected chi connectivity index (χ3v) is 6.38. The van der Waals surface area contributed by atoms with Crippen LogP contribution in [0.3, 0.4) is 0 Å². The lowest BCUT2D eigenvalue weighted by atomic mass is 10.00. The summed E-state index contributed by atoms with van der Waals surface area (Å²) in [6, 6.07) is 22.7. The first kappa shape index (κ1) is 23.9. The van der Waals surface area contributed by atoms with Crippen molar-refractivity contribution >= 4 is 55.7 Å². The molecular weight excluding hydrogens is 556 g/mol. The number of rotatable bonds is 5. The van der Waals surface area contributed by atoms with Gasteiger partial charge in [0.15, 0.2) is 0 Å². The van der Waals surface area contributed by atoms with Gasteiger partial charge >= 0.3 is 0 Å². The normalized spacial score (nSPS) is 11.5. The standard InChI is InChI=1S/C28H22Br2N2O2/c1-17-11-19(3-7-25(17)31-15-21-13-23(29)5-9-27(21)33)20-4-8-26(18(2)12-20)32-16-22-14-24(30)6-10-28(22)34/h3-16,33-34H,1-2H3. The summed E-state index contributed by atoms with van der Waals surface area (Å²) in [6.07, 6.45) is 3.34. The third-order valence-electron chi connectivity index (χ3n) is 5.39. The number of benzene rings is 4. The van der Waals surface area contributed by atoms with Crippen molar-refractivity contribution in [2.75, 3.05) is 0 Å². The van der Waals surface area contributed by atoms with Gasteiger partial charge in [-0.1, -0.05) is 44.0 Å². The van der Waals surface area contributed by atoms with Gasteiger partial charge in [0.25, 0.3) is 0 Å². The van der Waals surface area contributed by atoms with E-state index in [2.05, 4.69) is 54.0 Å². The number of phenolic OH excluding ortho intramolecular Hbond substituents is 2. The zero-order valence-corrected chi connectivity index (χ0v) is 21.8. The van der Waals surface area contributed by atoms with Crippen LogP contribution in [0.5, 0.6) is 11.5 Å². The first-order chi connectivity index (χ1) is 16.3. The Bertz CT molecular complexity index is 1320. The maximum absolute atomic E-state index is 10.0. The van der Waals surface area contributed by atoms with Crippen molar-refractivity contribution < 1.29 is 10.2 Å². The lowest BCUT2D eigenvalue weighted by Crippen LogP contribution is -1.86. The molecule has 4 aromatic rings. The van der Waals surface area contributed by atoms with Gasteiger partial charge in [-0.3, -0.25) is 9.98 Å². The van der Waals surface area contributed by atoms with Crippen LogP contribution in [-0.4, -0.2) is 22.6 Å². The fraction of sp³-hybridized carbons (Fsp3) is 0.0714. The van der Waals surface area contributed by atoms with E-state index in [-0.39, 0.29) is 11.5 Å². The highest BCUT2D eigenvalue weighted by Crippen LogP contribution is 2.31. The second-order valence-corrected chi connectivity index (χ2v) is 9.76. The minimum Gasteiger partial charge on any atom is -0.507 e. The van der Waals surface area contributed by atoms with Crippen LogP contribution in [0.25, 0.3) is 11.1 Å². The quantitative estimate of drug-likeness (QED) is 0.234. The number of aryl methyl sites for hydroxylation is 2. The largest absolute Gasteiger partial charge is 0.507 e. The van der Waals surface area contributed by atoms with Gasteiger partial charge in [-0.25, -0.2) is 0 Å². The van der Waals surface area contributed by atoms with Crippen LogP contribution >= 0.6 is 31.9 Å². The van der Waals surface area contributed by atoms with E-state index >= 15 is 0 Å². The number of hydrogen-bond acceptors (Lipinski definition) is 4. The zero-order chi connectivity index (χ0) is 24.2. The Morgan fingerprint density at radius 2 is 1.00 bits per heavy atom. The van der Waals surface area contributed by atoms with E-state index < -0.39 is 0 Å². The molecule has 0 fully saturated rings. The Kier molecular flexibility index (Phi) is 7.29. The minimum atomic E-state index is 0.189. The maximum atomic E-state index is 10.0. The molecule has 0 aliphatic rings. The molecule has 0 unspecified atom stereocenters. The van der Waals surface area contributed by atoms with E-state index in [0.29, 0.717) is 11.1 Å². The minimum absolute atomic E-state index is 0.189. The lowest BCUT2D eigenvalue weighted by molar-refractivity contribution is 0.474. The molecule has 0 saturated carbocycles. The Labute approximate surface area is 215 Å². The molecule has 0 radical (unpaired) electrons. The summed E-state index contributed by atoms with van der Waals surface area (Å²) in [5.74, 6) is 0.379. The highest BCUT2D eigenvalue weighted by Gasteiger charge is 2.06. The van der Waals surface area contributed by atoms with Crippen LogP contribution in [0.2, 0.25) is 0 Å². The van der Waals surface area contributed by atoms with Crippen LogP contribution < -0.4 is 0 Å². The molecule has 0 aromatic heterocycles. The molecule has 4 aromatic carbocycles. The lowest BCUT2D eigenvalue weighted by Gasteiger charge is -2.09. The molecule has 0 aliphatic heterocycles. The summed E-state index contributed by atoms with van der Waals surface area (Å²) in [6.45, 7) is 4.04. The number of aliphatic imine (C=N–C) groups is 2. The Hall–Kier alpha value is -3.22. The van der Waals surface area contributed by atoms with Crippen molar-refractivity contribution in [1.29, 1.82) is 0 Å². The van der Waals surface area contributed by atoms with E-state index in [4.69, 9.17) is 0 Å². The number of halogens is 2. The summed E-state index contributed by atoms with van der Waals surface area (Å²) in [5.41, 5.74) is 7.24. The van der Waals surface area contributed by atoms with E-state index in [1.807, 2.05) is 50.2 Å². The predicted octanol–water partition coefficient (Wildman–Crippen LogP) is 8.41. The van der Waals surface area contributed by atoms with E-state index in [1.54, 1.807) is 36.7 Å². The van der Waals surface area contributed by atoms with Crippen molar-refractivity contribution in [3.05, 3.63) is 104 Å². The third kappa shape index (κ3) is 5.64. The van der Waals surface area contributed by atoms with Crippen molar-refractivity contribution in [3.63, 3.8) is 0 Å². The molecule has 0 heterocycles. The van der Waals surface area contributed by atoms with E-state index in [9.17, 15) is 10.2 Å². The molecule has 0 saturated heterocycles. The summed E-state index contributed by atoms with van der Waals surface area (Å²) in [7, 11) is 0. The molecular formula is C28H22Br2N2O2. The van der Waals surface area contributed by atoms with Crippen molar-refractivity contribution in [3.8, 4) is 22.6 Å². The molecule has 0 atom stereocenters. The molecule has 0 amide bonds. The number of aromatic hydroxyl groups is 2. The van der Waals surface area contributed by atoms with Crippen LogP contribution in [0.1, 0.15) is 22.3 Å². The smallest absolute Gasteiger partial charge is 0.124 e. The second-order valence-electron chi connectivity index (χ2n) is 7.93. The highest BCUT2D eigenvalue weighted by molar-refractivity contribution is 9.10. The van der Waals surface area contributed by atoms with Gasteiger partial charge in [0, 0.05) is 32.5 Å². The first-order valence-electron chi connectivity index (χ1n) is 10.6. The Morgan fingerprint density at radius 3 is 1.38 bits per heavy atom. The van der Waals surface area contributed by atoms with Crippen LogP contribution in [-0.2, 0) is 0 Å². The van der Waals surface area contributed by atoms with Crippen LogP contribution in [0.15, 0.2) is 91.7 Å². The average Bonchev–Trinajstić information content (AvgIpc) is 2.81. The molecule has 4 nitrogen and oxygen atoms in total. The SMILES string of the molecule is Cc1cc(-c2ccc(N=Cc3cc(Br)ccc3O)c(C)c2)ccc1N=Cc1cc(Br)ccc1O. The van der Waals surface area contributed by atoms with Crippen molar-refractivity contribution in [2.24, 2.45) is 9.98 Å². The molecule has 0 bridgehead atoms. The Morgan fingerprint density at radius 1 is 0.588 bits per heavy atom. The van der Waals surface area contributed by atoms with Gasteiger partial charge in [0.1, 0.15) is 11.5 Å². The van der Waals surface area contributed by atoms with Gasteiger partial charge in [-0.05, 0) is 96.8 Å². The fourth-order valence-corrected chi connectivity index (χ4v) is 4.25. The van der Waals surface area contributed by atoms with Crippen LogP contribution in [0, 0.1) is 13.8 Å². The number of phenols is 2. The number of hydrogen-bond donors (Lipinski definition) is 2. The van der Waals surface area contributed by atoms with Gasteiger partial charge in [-0.2, -0.15) is 0 Å². The van der Waals surface area contributed by atoms with Gasteiger partial charge < -0.3 is 10.2 Å². The molecule has 6 heteroatoms. The Balaban J connectivity index is 1.55. The van der Waals surface area contributed by atoms with Crippen molar-refractivity contribution in [2.45, 2.75) is 13.8 Å². The van der Waals surface area contributed by atoms with Gasteiger partial charge in [0.05, 0.1) is 11.4 Å². The molecule has 4 rings (SSSR count). The maximum Gasteiger partial charge on any atom is 0.124 e. The molecule has 0 aliphatic carbocycles. The monoisotopic (exact) mass is 576 g/mol. The molecule has 170 valence electrons. The fourth-order valence-electron chi connectivity index (χ4n) is 3.50. The number of nitrogens with zero attached hydrogens (tertiary/aromatic N) is 2. The van der Waals surface area contributed by atoms with Gasteiger partial charge in [-0.15, -0.1) is 0 Å². The second kappa shape index (κ2) is 10.4. The summed E-state index contributed by atoms with van der Waals surface area (Å²) in [4.78, 5) is 9.12. The van der Waals surface area contributed by atoms with E-state index in [1.165, 1.54) is 0 Å². The molecule has 0 spiro atoms. The predicted molar refractivity (Wildman–Crippen MR) is 147 cm³/mol. The highest BCUT2D eigenvalue weighted by atomic mass is 79.9. The van der Waals surface area contributed by atoms with Crippen molar-refractivity contribution in [1.82, 2.24) is 0 Å². The van der Waals surface area contributed by atoms with Crippen LogP contribution in [0.4, 0.5) is 11.4 Å². The van der Waals surface area contributed by atoms with E-state index in [0.717, 1.165) is 42.6 Å². The summed E-state index contributed by atoms with van der Waals surface area (Å²) in [5, 5.41) is 20.0. The summed E-state index contributed by atoms with van der Waals surface area (Å²) >= 11 is 6.83. The van der Waals surface area contributed by atoms with Gasteiger partial charge in [0.2, 0.25) is 0 Å². The molecule has 2 N–H and O–H groups in total. The average molecular weight is 578 g/mol. The topological polar surface area (TPSA) is 65.2 Å². The zero-order valence-electron chi connectivity index (χ0n) is 18.6. The summed E-state index contributed by atoms with van der Waals surface area (Å²) < 4.78 is 1.77.